The third kappa shape index (κ3) is 3.43. The number of hydrogen-bond donors (Lipinski definition) is 2. The van der Waals surface area contributed by atoms with Gasteiger partial charge in [-0.1, -0.05) is 0 Å². The molecule has 1 fully saturated rings. The van der Waals surface area contributed by atoms with Crippen LogP contribution in [0.4, 0.5) is 0 Å². The number of esters is 1. The van der Waals surface area contributed by atoms with Gasteiger partial charge in [0.15, 0.2) is 5.60 Å². The number of aliphatic hydroxyl groups is 1. The maximum Gasteiger partial charge on any atom is 0.338 e. The zero-order valence-electron chi connectivity index (χ0n) is 10.3. The van der Waals surface area contributed by atoms with Crippen molar-refractivity contribution in [3.8, 4) is 0 Å². The molecule has 0 spiro atoms. The van der Waals surface area contributed by atoms with E-state index in [1.54, 1.807) is 0 Å². The monoisotopic (exact) mass is 230 g/mol. The number of rotatable bonds is 4. The number of nitrogens with zero attached hydrogens (tertiary/aromatic N) is 1. The number of likely N-dealkylation sites (N-methyl/N-ethyl adjacent to an activating group) is 1. The molecule has 5 nitrogen and oxygen atoms in total. The molecule has 1 aliphatic rings. The molecule has 2 atom stereocenters. The fourth-order valence-corrected chi connectivity index (χ4v) is 2.15. The topological polar surface area (TPSA) is 61.8 Å². The van der Waals surface area contributed by atoms with Crippen molar-refractivity contribution in [3.63, 3.8) is 0 Å². The Bertz CT molecular complexity index is 243. The predicted molar refractivity (Wildman–Crippen MR) is 61.2 cm³/mol. The molecule has 0 bridgehead atoms. The first-order valence-electron chi connectivity index (χ1n) is 5.70. The van der Waals surface area contributed by atoms with Gasteiger partial charge in [-0.2, -0.15) is 0 Å². The van der Waals surface area contributed by atoms with E-state index in [1.807, 2.05) is 7.05 Å². The Kier molecular flexibility index (Phi) is 4.70. The Labute approximate surface area is 96.8 Å². The summed E-state index contributed by atoms with van der Waals surface area (Å²) in [5.41, 5.74) is -1.41. The van der Waals surface area contributed by atoms with Gasteiger partial charge in [0, 0.05) is 19.1 Å². The minimum Gasteiger partial charge on any atom is -0.467 e. The molecule has 0 saturated carbocycles. The number of β-amino-alcohol motifs (C(OH)–C–C–N with tert-alkyl or cyclic N) is 1. The van der Waals surface area contributed by atoms with E-state index in [-0.39, 0.29) is 0 Å². The summed E-state index contributed by atoms with van der Waals surface area (Å²) >= 11 is 0. The number of piperidine rings is 1. The molecular formula is C11H22N2O3. The molecule has 0 aromatic carbocycles. The third-order valence-corrected chi connectivity index (χ3v) is 3.07. The summed E-state index contributed by atoms with van der Waals surface area (Å²) in [6, 6.07) is 0.446. The van der Waals surface area contributed by atoms with E-state index in [1.165, 1.54) is 14.0 Å². The van der Waals surface area contributed by atoms with Gasteiger partial charge in [-0.15, -0.1) is 0 Å². The van der Waals surface area contributed by atoms with Crippen LogP contribution in [0.2, 0.25) is 0 Å². The molecular weight excluding hydrogens is 208 g/mol. The van der Waals surface area contributed by atoms with Crippen LogP contribution in [-0.2, 0) is 9.53 Å². The standard InChI is InChI=1S/C11H22N2O3/c1-11(15,10(14)16-3)8-13-6-4-5-9(7-13)12-2/h9,12,15H,4-8H2,1-3H3. The molecule has 1 rings (SSSR count). The van der Waals surface area contributed by atoms with Crippen LogP contribution in [0, 0.1) is 0 Å². The van der Waals surface area contributed by atoms with Crippen molar-refractivity contribution in [2.45, 2.75) is 31.4 Å². The molecule has 0 aliphatic carbocycles. The Balaban J connectivity index is 2.49. The largest absolute Gasteiger partial charge is 0.467 e. The van der Waals surface area contributed by atoms with E-state index in [4.69, 9.17) is 0 Å². The lowest BCUT2D eigenvalue weighted by Gasteiger charge is -2.35. The first-order valence-corrected chi connectivity index (χ1v) is 5.70. The zero-order chi connectivity index (χ0) is 12.2. The van der Waals surface area contributed by atoms with Crippen LogP contribution in [0.5, 0.6) is 0 Å². The number of likely N-dealkylation sites (tertiary alicyclic amines) is 1. The van der Waals surface area contributed by atoms with Gasteiger partial charge >= 0.3 is 5.97 Å². The zero-order valence-corrected chi connectivity index (χ0v) is 10.3. The molecule has 1 aliphatic heterocycles. The van der Waals surface area contributed by atoms with Crippen molar-refractivity contribution in [1.82, 2.24) is 10.2 Å². The maximum absolute atomic E-state index is 11.3. The van der Waals surface area contributed by atoms with E-state index in [2.05, 4.69) is 15.0 Å². The van der Waals surface area contributed by atoms with Crippen LogP contribution in [0.1, 0.15) is 19.8 Å². The van der Waals surface area contributed by atoms with Crippen molar-refractivity contribution in [2.75, 3.05) is 33.8 Å². The van der Waals surface area contributed by atoms with E-state index >= 15 is 0 Å². The van der Waals surface area contributed by atoms with Crippen molar-refractivity contribution in [2.24, 2.45) is 0 Å². The van der Waals surface area contributed by atoms with Gasteiger partial charge < -0.3 is 15.2 Å². The average Bonchev–Trinajstić information content (AvgIpc) is 2.27. The molecule has 1 saturated heterocycles. The Morgan fingerprint density at radius 3 is 2.94 bits per heavy atom. The smallest absolute Gasteiger partial charge is 0.338 e. The number of carbonyl (C=O) groups is 1. The second-order valence-corrected chi connectivity index (χ2v) is 4.63. The third-order valence-electron chi connectivity index (χ3n) is 3.07. The minimum atomic E-state index is -1.41. The van der Waals surface area contributed by atoms with Gasteiger partial charge in [0.1, 0.15) is 0 Å². The van der Waals surface area contributed by atoms with Crippen LogP contribution in [-0.4, -0.2) is 61.4 Å². The highest BCUT2D eigenvalue weighted by molar-refractivity contribution is 5.78. The molecule has 16 heavy (non-hydrogen) atoms. The lowest BCUT2D eigenvalue weighted by Crippen LogP contribution is -2.52. The van der Waals surface area contributed by atoms with Crippen LogP contribution in [0.15, 0.2) is 0 Å². The molecule has 0 radical (unpaired) electrons. The Morgan fingerprint density at radius 2 is 2.38 bits per heavy atom. The molecule has 0 aromatic rings. The van der Waals surface area contributed by atoms with Gasteiger partial charge in [0.05, 0.1) is 7.11 Å². The summed E-state index contributed by atoms with van der Waals surface area (Å²) in [5.74, 6) is -0.570. The molecule has 1 heterocycles. The minimum absolute atomic E-state index is 0.331. The summed E-state index contributed by atoms with van der Waals surface area (Å²) in [7, 11) is 3.23. The second-order valence-electron chi connectivity index (χ2n) is 4.63. The van der Waals surface area contributed by atoms with E-state index in [0.29, 0.717) is 12.6 Å². The normalized spacial score (nSPS) is 26.1. The van der Waals surface area contributed by atoms with Crippen molar-refractivity contribution < 1.29 is 14.6 Å². The Hall–Kier alpha value is -0.650. The van der Waals surface area contributed by atoms with Gasteiger partial charge in [-0.3, -0.25) is 4.90 Å². The molecule has 5 heteroatoms. The number of methoxy groups -OCH3 is 1. The Morgan fingerprint density at radius 1 is 1.69 bits per heavy atom. The fourth-order valence-electron chi connectivity index (χ4n) is 2.15. The van der Waals surface area contributed by atoms with Crippen molar-refractivity contribution >= 4 is 5.97 Å². The maximum atomic E-state index is 11.3. The SMILES string of the molecule is CNC1CCCN(CC(C)(O)C(=O)OC)C1. The second kappa shape index (κ2) is 5.61. The van der Waals surface area contributed by atoms with Crippen LogP contribution in [0.25, 0.3) is 0 Å². The fraction of sp³-hybridized carbons (Fsp3) is 0.909. The van der Waals surface area contributed by atoms with E-state index < -0.39 is 11.6 Å². The van der Waals surface area contributed by atoms with Gasteiger partial charge in [-0.25, -0.2) is 4.79 Å². The van der Waals surface area contributed by atoms with Crippen LogP contribution in [0.3, 0.4) is 0 Å². The summed E-state index contributed by atoms with van der Waals surface area (Å²) in [6.07, 6.45) is 2.23. The summed E-state index contributed by atoms with van der Waals surface area (Å²) in [6.45, 7) is 3.62. The molecule has 0 aromatic heterocycles. The highest BCUT2D eigenvalue weighted by atomic mass is 16.5. The number of hydrogen-bond acceptors (Lipinski definition) is 5. The molecule has 2 unspecified atom stereocenters. The van der Waals surface area contributed by atoms with Crippen molar-refractivity contribution in [3.05, 3.63) is 0 Å². The summed E-state index contributed by atoms with van der Waals surface area (Å²) in [4.78, 5) is 13.4. The lowest BCUT2D eigenvalue weighted by atomic mass is 10.0. The summed E-state index contributed by atoms with van der Waals surface area (Å²) < 4.78 is 4.58. The van der Waals surface area contributed by atoms with Crippen LogP contribution >= 0.6 is 0 Å². The number of ether oxygens (including phenoxy) is 1. The number of carbonyl (C=O) groups excluding carboxylic acids is 1. The highest BCUT2D eigenvalue weighted by Crippen LogP contribution is 2.14. The first kappa shape index (κ1) is 13.4. The number of nitrogens with one attached hydrogen (secondary N) is 1. The van der Waals surface area contributed by atoms with Crippen molar-refractivity contribution in [1.29, 1.82) is 0 Å². The summed E-state index contributed by atoms with van der Waals surface area (Å²) in [5, 5.41) is 13.2. The van der Waals surface area contributed by atoms with E-state index in [0.717, 1.165) is 25.9 Å². The molecule has 0 amide bonds. The lowest BCUT2D eigenvalue weighted by molar-refractivity contribution is -0.162. The van der Waals surface area contributed by atoms with Gasteiger partial charge in [-0.05, 0) is 33.4 Å². The first-order chi connectivity index (χ1) is 7.49. The van der Waals surface area contributed by atoms with Crippen LogP contribution < -0.4 is 5.32 Å². The van der Waals surface area contributed by atoms with Gasteiger partial charge in [0.25, 0.3) is 0 Å². The molecule has 94 valence electrons. The predicted octanol–water partition coefficient (Wildman–Crippen LogP) is -0.406. The highest BCUT2D eigenvalue weighted by Gasteiger charge is 2.34. The van der Waals surface area contributed by atoms with E-state index in [9.17, 15) is 9.90 Å². The quantitative estimate of drug-likeness (QED) is 0.643. The van der Waals surface area contributed by atoms with Gasteiger partial charge in [0.2, 0.25) is 0 Å². The average molecular weight is 230 g/mol. The molecule has 2 N–H and O–H groups in total.